The monoisotopic (exact) mass is 485 g/mol. The van der Waals surface area contributed by atoms with E-state index in [1.54, 1.807) is 45.3 Å². The Morgan fingerprint density at radius 3 is 2.41 bits per heavy atom. The normalized spacial score (nSPS) is 19.0. The summed E-state index contributed by atoms with van der Waals surface area (Å²) in [5.74, 6) is 1.42. The quantitative estimate of drug-likeness (QED) is 0.513. The summed E-state index contributed by atoms with van der Waals surface area (Å²) in [4.78, 5) is 21.5. The lowest BCUT2D eigenvalue weighted by Gasteiger charge is -2.39. The average Bonchev–Trinajstić information content (AvgIpc) is 2.82. The van der Waals surface area contributed by atoms with Crippen LogP contribution in [-0.2, 0) is 0 Å². The molecule has 2 aromatic rings. The van der Waals surface area contributed by atoms with Crippen molar-refractivity contribution in [2.45, 2.75) is 18.4 Å². The Kier molecular flexibility index (Phi) is 7.84. The highest BCUT2D eigenvalue weighted by Gasteiger charge is 2.36. The SMILES string of the molecule is COc1cc2c(cc1OC)[C@H]1CN(C)CC[C@H]1N=C2c1ccc(C(=O)NC(=N)N(C)C)cc1.Cl. The van der Waals surface area contributed by atoms with Crippen molar-refractivity contribution in [2.75, 3.05) is 48.5 Å². The Bertz CT molecular complexity index is 1100. The van der Waals surface area contributed by atoms with Crippen molar-refractivity contribution in [3.05, 3.63) is 58.7 Å². The number of amides is 1. The fourth-order valence-electron chi connectivity index (χ4n) is 4.51. The predicted octanol–water partition coefficient (Wildman–Crippen LogP) is 2.99. The van der Waals surface area contributed by atoms with Crippen LogP contribution in [0.4, 0.5) is 0 Å². The summed E-state index contributed by atoms with van der Waals surface area (Å²) in [6.45, 7) is 1.96. The Morgan fingerprint density at radius 1 is 1.15 bits per heavy atom. The van der Waals surface area contributed by atoms with E-state index >= 15 is 0 Å². The van der Waals surface area contributed by atoms with Crippen LogP contribution in [0.2, 0.25) is 0 Å². The second kappa shape index (κ2) is 10.4. The van der Waals surface area contributed by atoms with Crippen molar-refractivity contribution in [3.8, 4) is 11.5 Å². The molecule has 2 aliphatic heterocycles. The van der Waals surface area contributed by atoms with Gasteiger partial charge in [0.1, 0.15) is 0 Å². The molecule has 0 aromatic heterocycles. The molecule has 1 amide bonds. The number of guanidine groups is 1. The molecular formula is C25H32ClN5O3. The molecule has 1 fully saturated rings. The molecule has 0 spiro atoms. The molecule has 4 rings (SSSR count). The second-order valence-corrected chi connectivity index (χ2v) is 8.77. The number of halogens is 1. The number of nitrogens with zero attached hydrogens (tertiary/aromatic N) is 3. The molecule has 34 heavy (non-hydrogen) atoms. The van der Waals surface area contributed by atoms with E-state index in [9.17, 15) is 4.79 Å². The Morgan fingerprint density at radius 2 is 1.79 bits per heavy atom. The fourth-order valence-corrected chi connectivity index (χ4v) is 4.51. The lowest BCUT2D eigenvalue weighted by molar-refractivity contribution is 0.0973. The molecule has 1 saturated heterocycles. The topological polar surface area (TPSA) is 90.2 Å². The number of carbonyl (C=O) groups is 1. The highest BCUT2D eigenvalue weighted by molar-refractivity contribution is 6.15. The average molecular weight is 486 g/mol. The predicted molar refractivity (Wildman–Crippen MR) is 136 cm³/mol. The lowest BCUT2D eigenvalue weighted by atomic mass is 9.79. The van der Waals surface area contributed by atoms with Gasteiger partial charge < -0.3 is 19.3 Å². The zero-order chi connectivity index (χ0) is 23.7. The van der Waals surface area contributed by atoms with Gasteiger partial charge in [0.25, 0.3) is 5.91 Å². The minimum Gasteiger partial charge on any atom is -0.493 e. The largest absolute Gasteiger partial charge is 0.493 e. The van der Waals surface area contributed by atoms with Crippen molar-refractivity contribution in [2.24, 2.45) is 4.99 Å². The number of hydrogen-bond acceptors (Lipinski definition) is 6. The number of hydrogen-bond donors (Lipinski definition) is 2. The van der Waals surface area contributed by atoms with E-state index in [2.05, 4.69) is 23.3 Å². The maximum atomic E-state index is 12.5. The van der Waals surface area contributed by atoms with Crippen molar-refractivity contribution in [3.63, 3.8) is 0 Å². The first-order valence-electron chi connectivity index (χ1n) is 11.0. The molecule has 182 valence electrons. The second-order valence-electron chi connectivity index (χ2n) is 8.77. The van der Waals surface area contributed by atoms with Crippen molar-refractivity contribution in [1.29, 1.82) is 5.41 Å². The van der Waals surface area contributed by atoms with E-state index in [0.717, 1.165) is 42.1 Å². The summed E-state index contributed by atoms with van der Waals surface area (Å²) in [6, 6.07) is 11.7. The summed E-state index contributed by atoms with van der Waals surface area (Å²) in [6.07, 6.45) is 0.992. The number of fused-ring (bicyclic) bond motifs is 3. The van der Waals surface area contributed by atoms with Gasteiger partial charge in [0.2, 0.25) is 0 Å². The Balaban J connectivity index is 0.00000324. The number of benzene rings is 2. The van der Waals surface area contributed by atoms with E-state index in [1.165, 1.54) is 5.56 Å². The number of carbonyl (C=O) groups excluding carboxylic acids is 1. The molecule has 0 radical (unpaired) electrons. The van der Waals surface area contributed by atoms with Crippen molar-refractivity contribution < 1.29 is 14.3 Å². The molecule has 0 bridgehead atoms. The standard InChI is InChI=1S/C25H31N5O3.ClH/c1-29(2)25(26)28-24(31)16-8-6-15(7-9-16)23-18-13-22(33-5)21(32-4)12-17(18)19-14-30(3)11-10-20(19)27-23;/h6-9,12-13,19-20H,10-11,14H2,1-5H3,(H2,26,28,31);1H/t19-,20-;/m1./s1. The van der Waals surface area contributed by atoms with Crippen molar-refractivity contribution in [1.82, 2.24) is 15.1 Å². The molecular weight excluding hydrogens is 454 g/mol. The summed E-state index contributed by atoms with van der Waals surface area (Å²) in [7, 11) is 8.87. The van der Waals surface area contributed by atoms with Crippen molar-refractivity contribution >= 4 is 30.0 Å². The first-order chi connectivity index (χ1) is 15.8. The van der Waals surface area contributed by atoms with Crippen LogP contribution < -0.4 is 14.8 Å². The van der Waals surface area contributed by atoms with Crippen LogP contribution in [0, 0.1) is 5.41 Å². The Hall–Kier alpha value is -3.10. The number of methoxy groups -OCH3 is 2. The summed E-state index contributed by atoms with van der Waals surface area (Å²) < 4.78 is 11.2. The number of aliphatic imine (C=N–C) groups is 1. The van der Waals surface area contributed by atoms with Gasteiger partial charge in [-0.05, 0) is 49.8 Å². The number of ether oxygens (including phenoxy) is 2. The minimum absolute atomic E-state index is 0. The fraction of sp³-hybridized carbons (Fsp3) is 0.400. The highest BCUT2D eigenvalue weighted by atomic mass is 35.5. The third kappa shape index (κ3) is 4.88. The van der Waals surface area contributed by atoms with Crippen LogP contribution in [0.15, 0.2) is 41.4 Å². The van der Waals surface area contributed by atoms with Gasteiger partial charge in [-0.2, -0.15) is 0 Å². The van der Waals surface area contributed by atoms with Gasteiger partial charge in [-0.25, -0.2) is 0 Å². The van der Waals surface area contributed by atoms with E-state index in [0.29, 0.717) is 17.2 Å². The van der Waals surface area contributed by atoms with Gasteiger partial charge >= 0.3 is 0 Å². The molecule has 2 atom stereocenters. The molecule has 8 nitrogen and oxygen atoms in total. The van der Waals surface area contributed by atoms with Gasteiger partial charge in [0.05, 0.1) is 26.0 Å². The first-order valence-corrected chi connectivity index (χ1v) is 11.0. The van der Waals surface area contributed by atoms with E-state index in [-0.39, 0.29) is 30.3 Å². The number of rotatable bonds is 4. The number of piperidine rings is 1. The van der Waals surface area contributed by atoms with Gasteiger partial charge in [-0.1, -0.05) is 12.1 Å². The maximum absolute atomic E-state index is 12.5. The summed E-state index contributed by atoms with van der Waals surface area (Å²) >= 11 is 0. The molecule has 2 heterocycles. The van der Waals surface area contributed by atoms with E-state index in [4.69, 9.17) is 19.9 Å². The minimum atomic E-state index is -0.312. The number of likely N-dealkylation sites (tertiary alicyclic amines) is 1. The van der Waals surface area contributed by atoms with Crippen LogP contribution in [0.25, 0.3) is 0 Å². The molecule has 0 unspecified atom stereocenters. The van der Waals surface area contributed by atoms with Gasteiger partial charge in [0, 0.05) is 43.2 Å². The van der Waals surface area contributed by atoms with Crippen LogP contribution in [-0.4, -0.2) is 81.9 Å². The highest BCUT2D eigenvalue weighted by Crippen LogP contribution is 2.42. The first kappa shape index (κ1) is 25.5. The van der Waals surface area contributed by atoms with Gasteiger partial charge in [-0.3, -0.25) is 20.5 Å². The van der Waals surface area contributed by atoms with Crippen LogP contribution in [0.5, 0.6) is 11.5 Å². The lowest BCUT2D eigenvalue weighted by Crippen LogP contribution is -2.41. The van der Waals surface area contributed by atoms with Crippen LogP contribution in [0.1, 0.15) is 39.4 Å². The zero-order valence-electron chi connectivity index (χ0n) is 20.2. The third-order valence-electron chi connectivity index (χ3n) is 6.38. The summed E-state index contributed by atoms with van der Waals surface area (Å²) in [5.41, 5.74) is 4.60. The zero-order valence-corrected chi connectivity index (χ0v) is 21.0. The summed E-state index contributed by atoms with van der Waals surface area (Å²) in [5, 5.41) is 10.4. The molecule has 9 heteroatoms. The van der Waals surface area contributed by atoms with E-state index < -0.39 is 0 Å². The molecule has 2 N–H and O–H groups in total. The number of likely N-dealkylation sites (N-methyl/N-ethyl adjacent to an activating group) is 1. The molecule has 2 aromatic carbocycles. The van der Waals surface area contributed by atoms with Gasteiger partial charge in [-0.15, -0.1) is 12.4 Å². The Labute approximate surface area is 206 Å². The van der Waals surface area contributed by atoms with E-state index in [1.807, 2.05) is 18.2 Å². The maximum Gasteiger partial charge on any atom is 0.257 e. The smallest absolute Gasteiger partial charge is 0.257 e. The van der Waals surface area contributed by atoms with Crippen LogP contribution in [0.3, 0.4) is 0 Å². The number of nitrogens with one attached hydrogen (secondary N) is 2. The molecule has 2 aliphatic rings. The van der Waals surface area contributed by atoms with Crippen LogP contribution >= 0.6 is 12.4 Å². The third-order valence-corrected chi connectivity index (χ3v) is 6.38. The van der Waals surface area contributed by atoms with Gasteiger partial charge in [0.15, 0.2) is 17.5 Å². The molecule has 0 aliphatic carbocycles. The molecule has 0 saturated carbocycles.